The topological polar surface area (TPSA) is 40.6 Å². The van der Waals surface area contributed by atoms with Crippen LogP contribution in [-0.4, -0.2) is 59.6 Å². The van der Waals surface area contributed by atoms with E-state index in [1.165, 1.54) is 0 Å². The summed E-state index contributed by atoms with van der Waals surface area (Å²) in [6.45, 7) is 32.6. The van der Waals surface area contributed by atoms with Gasteiger partial charge in [0.1, 0.15) is 0 Å². The Balaban J connectivity index is 0. The Bertz CT molecular complexity index is 1010. The van der Waals surface area contributed by atoms with Gasteiger partial charge in [0.2, 0.25) is 0 Å². The van der Waals surface area contributed by atoms with Crippen molar-refractivity contribution in [1.29, 1.82) is 0 Å². The van der Waals surface area contributed by atoms with Crippen molar-refractivity contribution in [2.75, 3.05) is 14.1 Å². The molecule has 0 N–H and O–H groups in total. The Hall–Kier alpha value is -2.40. The lowest BCUT2D eigenvalue weighted by molar-refractivity contribution is -0.130. The molecule has 0 saturated carbocycles. The number of hydrogen-bond acceptors (Lipinski definition) is 4. The van der Waals surface area contributed by atoms with Gasteiger partial charge in [-0.1, -0.05) is 91.9 Å². The van der Waals surface area contributed by atoms with E-state index >= 15 is 0 Å². The summed E-state index contributed by atoms with van der Waals surface area (Å²) in [5.41, 5.74) is 0.859. The van der Waals surface area contributed by atoms with Crippen molar-refractivity contribution in [3.05, 3.63) is 36.5 Å². The number of likely N-dealkylation sites (N-methyl/N-ethyl adjacent to an activating group) is 2. The monoisotopic (exact) mass is 580 g/mol. The van der Waals surface area contributed by atoms with Crippen LogP contribution in [0.4, 0.5) is 0 Å². The molecular weight excluding hydrogens is 516 g/mol. The highest BCUT2D eigenvalue weighted by molar-refractivity contribution is 5.86. The average molecular weight is 581 g/mol. The van der Waals surface area contributed by atoms with Gasteiger partial charge in [-0.2, -0.15) is 0 Å². The molecule has 0 fully saturated rings. The molecule has 0 unspecified atom stereocenters. The van der Waals surface area contributed by atoms with Crippen molar-refractivity contribution in [3.63, 3.8) is 0 Å². The normalized spacial score (nSPS) is 16.0. The van der Waals surface area contributed by atoms with Crippen LogP contribution in [0, 0.1) is 59.2 Å². The SMILES string of the molecule is C=C(C)C#C/C=C\[C@@H](C)[C@@H](C)[C@@H](C(=O)C(C)C)N(C)C(C)C.CC#C/C=C\[C@@H](C)[C@@H](C)[C@@H](C(=O)C(C)C)N(C)C(C)C. The second-order valence-corrected chi connectivity index (χ2v) is 13.1. The van der Waals surface area contributed by atoms with Crippen LogP contribution in [0.15, 0.2) is 36.5 Å². The summed E-state index contributed by atoms with van der Waals surface area (Å²) in [6.07, 6.45) is 7.97. The highest BCUT2D eigenvalue weighted by atomic mass is 16.1. The molecule has 6 atom stereocenters. The van der Waals surface area contributed by atoms with Crippen LogP contribution in [0.3, 0.4) is 0 Å². The number of ketones is 2. The number of carbonyl (C=O) groups excluding carboxylic acids is 2. The van der Waals surface area contributed by atoms with E-state index in [-0.39, 0.29) is 41.7 Å². The molecule has 42 heavy (non-hydrogen) atoms. The molecule has 0 spiro atoms. The summed E-state index contributed by atoms with van der Waals surface area (Å²) in [6, 6.07) is 0.601. The molecule has 0 rings (SSSR count). The second-order valence-electron chi connectivity index (χ2n) is 13.1. The maximum absolute atomic E-state index is 12.6. The Labute approximate surface area is 261 Å². The minimum absolute atomic E-state index is 0.0377. The molecule has 0 aliphatic carbocycles. The molecule has 0 bridgehead atoms. The Morgan fingerprint density at radius 2 is 0.976 bits per heavy atom. The molecule has 0 aliphatic rings. The predicted molar refractivity (Wildman–Crippen MR) is 184 cm³/mol. The Morgan fingerprint density at radius 1 is 0.643 bits per heavy atom. The lowest BCUT2D eigenvalue weighted by atomic mass is 9.82. The Morgan fingerprint density at radius 3 is 1.24 bits per heavy atom. The van der Waals surface area contributed by atoms with Crippen molar-refractivity contribution < 1.29 is 9.59 Å². The van der Waals surface area contributed by atoms with E-state index in [1.807, 2.05) is 67.8 Å². The van der Waals surface area contributed by atoms with Crippen LogP contribution in [-0.2, 0) is 9.59 Å². The molecule has 238 valence electrons. The molecule has 0 saturated heterocycles. The van der Waals surface area contributed by atoms with Crippen molar-refractivity contribution in [2.45, 2.75) is 121 Å². The van der Waals surface area contributed by atoms with Gasteiger partial charge in [0.15, 0.2) is 11.6 Å². The van der Waals surface area contributed by atoms with Crippen molar-refractivity contribution in [2.24, 2.45) is 35.5 Å². The lowest BCUT2D eigenvalue weighted by Crippen LogP contribution is -2.49. The third-order valence-electron chi connectivity index (χ3n) is 8.28. The van der Waals surface area contributed by atoms with E-state index in [0.717, 1.165) is 5.57 Å². The number of allylic oxidation sites excluding steroid dienone is 5. The highest BCUT2D eigenvalue weighted by Gasteiger charge is 2.34. The first-order chi connectivity index (χ1) is 19.3. The van der Waals surface area contributed by atoms with E-state index in [2.05, 4.69) is 108 Å². The summed E-state index contributed by atoms with van der Waals surface area (Å²) in [5.74, 6) is 13.6. The third-order valence-corrected chi connectivity index (χ3v) is 8.28. The maximum atomic E-state index is 12.6. The number of hydrogen-bond donors (Lipinski definition) is 0. The van der Waals surface area contributed by atoms with E-state index < -0.39 is 0 Å². The molecule has 0 heterocycles. The van der Waals surface area contributed by atoms with Crippen LogP contribution in [0.25, 0.3) is 0 Å². The van der Waals surface area contributed by atoms with E-state index in [1.54, 1.807) is 0 Å². The van der Waals surface area contributed by atoms with Crippen molar-refractivity contribution in [1.82, 2.24) is 9.80 Å². The van der Waals surface area contributed by atoms with Crippen LogP contribution in [0.2, 0.25) is 0 Å². The number of nitrogens with zero attached hydrogens (tertiary/aromatic N) is 2. The predicted octanol–water partition coefficient (Wildman–Crippen LogP) is 8.10. The van der Waals surface area contributed by atoms with Gasteiger partial charge in [0.25, 0.3) is 0 Å². The number of rotatable bonds is 14. The van der Waals surface area contributed by atoms with Gasteiger partial charge in [-0.05, 0) is 97.0 Å². The summed E-state index contributed by atoms with van der Waals surface area (Å²) >= 11 is 0. The fraction of sp³-hybridized carbons (Fsp3) is 0.684. The minimum Gasteiger partial charge on any atom is -0.298 e. The first-order valence-corrected chi connectivity index (χ1v) is 15.8. The molecule has 0 radical (unpaired) electrons. The quantitative estimate of drug-likeness (QED) is 0.195. The molecular formula is C38H64N2O2. The van der Waals surface area contributed by atoms with Crippen LogP contribution < -0.4 is 0 Å². The van der Waals surface area contributed by atoms with Gasteiger partial charge in [0, 0.05) is 23.9 Å². The van der Waals surface area contributed by atoms with Gasteiger partial charge in [-0.15, -0.1) is 5.92 Å². The minimum atomic E-state index is -0.0613. The van der Waals surface area contributed by atoms with Crippen molar-refractivity contribution in [3.8, 4) is 23.7 Å². The average Bonchev–Trinajstić information content (AvgIpc) is 2.90. The van der Waals surface area contributed by atoms with Crippen molar-refractivity contribution >= 4 is 11.6 Å². The van der Waals surface area contributed by atoms with Gasteiger partial charge in [-0.25, -0.2) is 0 Å². The van der Waals surface area contributed by atoms with Crippen LogP contribution in [0.5, 0.6) is 0 Å². The molecule has 0 aromatic heterocycles. The lowest BCUT2D eigenvalue weighted by Gasteiger charge is -2.37. The van der Waals surface area contributed by atoms with Crippen LogP contribution >= 0.6 is 0 Å². The fourth-order valence-corrected chi connectivity index (χ4v) is 4.56. The molecule has 0 aromatic rings. The zero-order valence-corrected chi connectivity index (χ0v) is 30.0. The second kappa shape index (κ2) is 21.3. The van der Waals surface area contributed by atoms with Gasteiger partial charge in [0.05, 0.1) is 12.1 Å². The van der Waals surface area contributed by atoms with E-state index in [0.29, 0.717) is 29.6 Å². The highest BCUT2D eigenvalue weighted by Crippen LogP contribution is 2.26. The van der Waals surface area contributed by atoms with Gasteiger partial charge >= 0.3 is 0 Å². The summed E-state index contributed by atoms with van der Waals surface area (Å²) < 4.78 is 0. The summed E-state index contributed by atoms with van der Waals surface area (Å²) in [4.78, 5) is 29.6. The Kier molecular flexibility index (Phi) is 21.2. The zero-order chi connectivity index (χ0) is 33.3. The van der Waals surface area contributed by atoms with E-state index in [4.69, 9.17) is 0 Å². The number of carbonyl (C=O) groups is 2. The smallest absolute Gasteiger partial charge is 0.152 e. The maximum Gasteiger partial charge on any atom is 0.152 e. The van der Waals surface area contributed by atoms with Crippen LogP contribution in [0.1, 0.15) is 96.9 Å². The first kappa shape index (κ1) is 41.7. The summed E-state index contributed by atoms with van der Waals surface area (Å²) in [5, 5.41) is 0. The van der Waals surface area contributed by atoms with Gasteiger partial charge in [-0.3, -0.25) is 19.4 Å². The summed E-state index contributed by atoms with van der Waals surface area (Å²) in [7, 11) is 4.10. The number of Topliss-reactive ketones (excluding diaryl/α,β-unsaturated/α-hetero) is 2. The third kappa shape index (κ3) is 15.2. The molecule has 4 nitrogen and oxygen atoms in total. The molecule has 0 aromatic carbocycles. The molecule has 0 amide bonds. The standard InChI is InChI=1S/C20H33NO.C18H31NO/c1-14(2)12-10-11-13-17(7)18(8)19(20(22)15(3)4)21(9)16(5)6;1-9-10-11-12-15(6)16(7)17(18(20)13(2)3)19(8)14(4)5/h11,13,15-19H,1H2,2-9H3;11-17H,1-8H3/b13-11-;12-11-/t17-,18-,19+;15-,16-,17+/m11/s1. The molecule has 4 heteroatoms. The van der Waals surface area contributed by atoms with Gasteiger partial charge < -0.3 is 0 Å². The van der Waals surface area contributed by atoms with E-state index in [9.17, 15) is 9.59 Å². The largest absolute Gasteiger partial charge is 0.298 e. The molecule has 0 aliphatic heterocycles. The fourth-order valence-electron chi connectivity index (χ4n) is 4.56. The first-order valence-electron chi connectivity index (χ1n) is 15.8. The zero-order valence-electron chi connectivity index (χ0n) is 30.0.